The first kappa shape index (κ1) is 24.6. The second kappa shape index (κ2) is 10.1. The van der Waals surface area contributed by atoms with Gasteiger partial charge in [-0.15, -0.1) is 0 Å². The molecule has 4 aromatic rings. The summed E-state index contributed by atoms with van der Waals surface area (Å²) < 4.78 is 15.8. The number of para-hydroxylation sites is 1. The van der Waals surface area contributed by atoms with Crippen molar-refractivity contribution in [3.63, 3.8) is 0 Å². The monoisotopic (exact) mass is 511 g/mol. The molecule has 7 heteroatoms. The number of hydrogen-bond donors (Lipinski definition) is 1. The Balaban J connectivity index is 1.64. The summed E-state index contributed by atoms with van der Waals surface area (Å²) in [6.07, 6.45) is 1.85. The van der Waals surface area contributed by atoms with Gasteiger partial charge in [-0.25, -0.2) is 9.38 Å². The van der Waals surface area contributed by atoms with Crippen molar-refractivity contribution in [3.05, 3.63) is 132 Å². The fourth-order valence-corrected chi connectivity index (χ4v) is 5.47. The molecule has 37 heavy (non-hydrogen) atoms. The van der Waals surface area contributed by atoms with Crippen molar-refractivity contribution in [2.45, 2.75) is 32.7 Å². The zero-order valence-electron chi connectivity index (χ0n) is 20.7. The number of benzene rings is 3. The Morgan fingerprint density at radius 2 is 1.70 bits per heavy atom. The number of thiazole rings is 1. The van der Waals surface area contributed by atoms with Crippen LogP contribution in [-0.4, -0.2) is 10.5 Å². The van der Waals surface area contributed by atoms with Crippen molar-refractivity contribution >= 4 is 29.0 Å². The molecule has 0 bridgehead atoms. The highest BCUT2D eigenvalue weighted by molar-refractivity contribution is 7.07. The molecule has 5 nitrogen and oxygen atoms in total. The first-order valence-electron chi connectivity index (χ1n) is 12.1. The molecule has 0 aliphatic carbocycles. The lowest BCUT2D eigenvalue weighted by atomic mass is 9.95. The third-order valence-corrected chi connectivity index (χ3v) is 7.37. The van der Waals surface area contributed by atoms with Crippen LogP contribution in [0.5, 0.6) is 0 Å². The van der Waals surface area contributed by atoms with Crippen molar-refractivity contribution in [2.75, 3.05) is 5.32 Å². The predicted molar refractivity (Wildman–Crippen MR) is 146 cm³/mol. The van der Waals surface area contributed by atoms with E-state index in [1.54, 1.807) is 35.8 Å². The van der Waals surface area contributed by atoms with Gasteiger partial charge in [0.25, 0.3) is 11.5 Å². The van der Waals surface area contributed by atoms with Crippen molar-refractivity contribution in [2.24, 2.45) is 4.99 Å². The normalized spacial score (nSPS) is 15.5. The van der Waals surface area contributed by atoms with E-state index in [-0.39, 0.29) is 11.5 Å². The van der Waals surface area contributed by atoms with Crippen LogP contribution >= 0.6 is 11.3 Å². The molecular formula is C30H26FN3O2S. The Hall–Kier alpha value is -4.10. The number of carbonyl (C=O) groups excluding carboxylic acids is 1. The number of allylic oxidation sites excluding steroid dienone is 1. The molecule has 1 atom stereocenters. The third-order valence-electron chi connectivity index (χ3n) is 6.38. The minimum atomic E-state index is -0.744. The van der Waals surface area contributed by atoms with E-state index in [1.165, 1.54) is 29.0 Å². The van der Waals surface area contributed by atoms with E-state index < -0.39 is 11.9 Å². The number of amides is 1. The summed E-state index contributed by atoms with van der Waals surface area (Å²) in [7, 11) is 0. The smallest absolute Gasteiger partial charge is 0.271 e. The van der Waals surface area contributed by atoms with Gasteiger partial charge in [0.05, 0.1) is 21.8 Å². The molecule has 0 fully saturated rings. The molecule has 1 amide bonds. The Bertz CT molecular complexity index is 1670. The van der Waals surface area contributed by atoms with Gasteiger partial charge >= 0.3 is 0 Å². The molecule has 0 saturated heterocycles. The summed E-state index contributed by atoms with van der Waals surface area (Å²) in [5.74, 6) is -0.337. The number of halogens is 1. The molecule has 186 valence electrons. The molecule has 1 aromatic heterocycles. The van der Waals surface area contributed by atoms with Gasteiger partial charge in [-0.3, -0.25) is 14.2 Å². The average molecular weight is 512 g/mol. The van der Waals surface area contributed by atoms with Crippen LogP contribution in [0.4, 0.5) is 10.1 Å². The molecule has 0 radical (unpaired) electrons. The second-order valence-corrected chi connectivity index (χ2v) is 10.3. The number of anilines is 1. The van der Waals surface area contributed by atoms with Crippen molar-refractivity contribution in [1.29, 1.82) is 0 Å². The van der Waals surface area contributed by atoms with Gasteiger partial charge in [0.15, 0.2) is 4.80 Å². The molecule has 0 unspecified atom stereocenters. The van der Waals surface area contributed by atoms with Gasteiger partial charge in [-0.2, -0.15) is 0 Å². The van der Waals surface area contributed by atoms with Gasteiger partial charge < -0.3 is 5.32 Å². The van der Waals surface area contributed by atoms with Crippen LogP contribution in [0.1, 0.15) is 49.4 Å². The van der Waals surface area contributed by atoms with Crippen LogP contribution in [-0.2, 0) is 4.79 Å². The number of carbonyl (C=O) groups is 1. The van der Waals surface area contributed by atoms with Crippen LogP contribution in [0, 0.1) is 5.82 Å². The fraction of sp³-hybridized carbons (Fsp3) is 0.167. The lowest BCUT2D eigenvalue weighted by Crippen LogP contribution is -2.40. The number of aromatic nitrogens is 1. The fourth-order valence-electron chi connectivity index (χ4n) is 4.42. The van der Waals surface area contributed by atoms with E-state index in [0.717, 1.165) is 5.56 Å². The van der Waals surface area contributed by atoms with Crippen LogP contribution in [0.3, 0.4) is 0 Å². The number of fused-ring (bicyclic) bond motifs is 1. The van der Waals surface area contributed by atoms with Crippen LogP contribution < -0.4 is 20.2 Å². The molecule has 1 aliphatic heterocycles. The van der Waals surface area contributed by atoms with Crippen LogP contribution in [0.25, 0.3) is 6.08 Å². The highest BCUT2D eigenvalue weighted by Gasteiger charge is 2.32. The summed E-state index contributed by atoms with van der Waals surface area (Å²) in [5, 5.41) is 2.91. The Labute approximate surface area is 218 Å². The first-order valence-corrected chi connectivity index (χ1v) is 12.9. The molecule has 5 rings (SSSR count). The minimum absolute atomic E-state index is 0.247. The third kappa shape index (κ3) is 4.95. The van der Waals surface area contributed by atoms with Gasteiger partial charge in [0, 0.05) is 5.69 Å². The van der Waals surface area contributed by atoms with Gasteiger partial charge in [0.1, 0.15) is 5.82 Å². The highest BCUT2D eigenvalue weighted by Crippen LogP contribution is 2.31. The number of nitrogens with zero attached hydrogens (tertiary/aromatic N) is 2. The first-order chi connectivity index (χ1) is 17.8. The molecule has 0 spiro atoms. The topological polar surface area (TPSA) is 63.5 Å². The van der Waals surface area contributed by atoms with Gasteiger partial charge in [0.2, 0.25) is 0 Å². The van der Waals surface area contributed by atoms with Crippen LogP contribution in [0.15, 0.2) is 99.9 Å². The molecule has 3 aromatic carbocycles. The Kier molecular flexibility index (Phi) is 6.72. The highest BCUT2D eigenvalue weighted by atomic mass is 32.1. The molecular weight excluding hydrogens is 485 g/mol. The Morgan fingerprint density at radius 1 is 1.03 bits per heavy atom. The Morgan fingerprint density at radius 3 is 2.35 bits per heavy atom. The largest absolute Gasteiger partial charge is 0.322 e. The molecule has 2 heterocycles. The minimum Gasteiger partial charge on any atom is -0.322 e. The maximum atomic E-state index is 13.8. The molecule has 0 saturated carbocycles. The maximum absolute atomic E-state index is 13.8. The number of hydrogen-bond acceptors (Lipinski definition) is 4. The number of rotatable bonds is 5. The summed E-state index contributed by atoms with van der Waals surface area (Å²) in [6, 6.07) is 22.4. The maximum Gasteiger partial charge on any atom is 0.271 e. The van der Waals surface area contributed by atoms with E-state index in [1.807, 2.05) is 36.4 Å². The van der Waals surface area contributed by atoms with Crippen LogP contribution in [0.2, 0.25) is 0 Å². The van der Waals surface area contributed by atoms with Gasteiger partial charge in [-0.1, -0.05) is 79.8 Å². The van der Waals surface area contributed by atoms with E-state index in [2.05, 4.69) is 36.3 Å². The zero-order valence-corrected chi connectivity index (χ0v) is 21.6. The second-order valence-electron chi connectivity index (χ2n) is 9.27. The average Bonchev–Trinajstić information content (AvgIpc) is 3.18. The summed E-state index contributed by atoms with van der Waals surface area (Å²) in [4.78, 5) is 32.4. The lowest BCUT2D eigenvalue weighted by molar-refractivity contribution is -0.113. The SMILES string of the molecule is CC1=C(C(=O)Nc2ccccc2)[C@@H](c2ccc(F)cc2)n2c(s/c(=C/c3ccc(C(C)C)cc3)c2=O)=N1. The van der Waals surface area contributed by atoms with Gasteiger partial charge in [-0.05, 0) is 59.9 Å². The summed E-state index contributed by atoms with van der Waals surface area (Å²) >= 11 is 1.28. The van der Waals surface area contributed by atoms with Crippen molar-refractivity contribution in [3.8, 4) is 0 Å². The van der Waals surface area contributed by atoms with Crippen molar-refractivity contribution in [1.82, 2.24) is 4.57 Å². The summed E-state index contributed by atoms with van der Waals surface area (Å²) in [5.41, 5.74) is 4.00. The molecule has 1 N–H and O–H groups in total. The van der Waals surface area contributed by atoms with E-state index >= 15 is 0 Å². The zero-order chi connectivity index (χ0) is 26.1. The van der Waals surface area contributed by atoms with E-state index in [9.17, 15) is 14.0 Å². The lowest BCUT2D eigenvalue weighted by Gasteiger charge is -2.25. The predicted octanol–water partition coefficient (Wildman–Crippen LogP) is 5.14. The number of nitrogens with one attached hydrogen (secondary N) is 1. The van der Waals surface area contributed by atoms with Crippen molar-refractivity contribution < 1.29 is 9.18 Å². The molecule has 1 aliphatic rings. The quantitative estimate of drug-likeness (QED) is 0.404. The van der Waals surface area contributed by atoms with E-state index in [0.29, 0.717) is 37.8 Å². The standard InChI is InChI=1S/C30H26FN3O2S/c1-18(2)21-11-9-20(10-12-21)17-25-29(36)34-27(22-13-15-23(31)16-14-22)26(19(3)32-30(34)37-25)28(35)33-24-7-5-4-6-8-24/h4-18,27H,1-3H3,(H,33,35)/b25-17+/t27-/m1/s1. The van der Waals surface area contributed by atoms with E-state index in [4.69, 9.17) is 0 Å². The summed E-state index contributed by atoms with van der Waals surface area (Å²) in [6.45, 7) is 6.03.